The largest absolute Gasteiger partial charge is 0.502 e. The predicted molar refractivity (Wildman–Crippen MR) is 121 cm³/mol. The third-order valence-electron chi connectivity index (χ3n) is 4.67. The van der Waals surface area contributed by atoms with E-state index in [1.54, 1.807) is 38.1 Å². The molecule has 0 saturated heterocycles. The normalized spacial score (nSPS) is 12.9. The van der Waals surface area contributed by atoms with Gasteiger partial charge in [-0.2, -0.15) is 16.8 Å². The van der Waals surface area contributed by atoms with Crippen LogP contribution in [0.5, 0.6) is 11.5 Å². The molecule has 0 aliphatic heterocycles. The first-order chi connectivity index (χ1) is 16.0. The number of aryl methyl sites for hydroxylation is 2. The smallest absolute Gasteiger partial charge is 0.297 e. The molecule has 0 aromatic heterocycles. The van der Waals surface area contributed by atoms with Crippen LogP contribution in [0.4, 0.5) is 4.39 Å². The lowest BCUT2D eigenvalue weighted by Crippen LogP contribution is -2.31. The summed E-state index contributed by atoms with van der Waals surface area (Å²) in [6.45, 7) is 2.28. The fourth-order valence-corrected chi connectivity index (χ4v) is 4.76. The van der Waals surface area contributed by atoms with Crippen molar-refractivity contribution in [3.8, 4) is 11.5 Å². The number of phenolic OH excluding ortho intramolecular Hbond substituents is 1. The molecule has 0 radical (unpaired) electrons. The summed E-state index contributed by atoms with van der Waals surface area (Å²) >= 11 is 0. The van der Waals surface area contributed by atoms with Gasteiger partial charge in [-0.15, -0.1) is 0 Å². The Morgan fingerprint density at radius 1 is 0.794 bits per heavy atom. The first kappa shape index (κ1) is 25.6. The number of aromatic hydroxyl groups is 1. The molecule has 182 valence electrons. The van der Waals surface area contributed by atoms with Crippen LogP contribution in [-0.2, 0) is 28.6 Å². The summed E-state index contributed by atoms with van der Waals surface area (Å²) in [5.41, 5.74) is 1.67. The Hall–Kier alpha value is -2.99. The average molecular weight is 511 g/mol. The summed E-state index contributed by atoms with van der Waals surface area (Å²) in [6, 6.07) is 15.2. The molecule has 1 N–H and O–H groups in total. The molecule has 0 amide bonds. The van der Waals surface area contributed by atoms with Gasteiger partial charge in [0.05, 0.1) is 16.4 Å². The number of para-hydroxylation sites is 1. The number of hydrogen-bond acceptors (Lipinski definition) is 8. The van der Waals surface area contributed by atoms with Gasteiger partial charge in [0.1, 0.15) is 12.7 Å². The van der Waals surface area contributed by atoms with Crippen LogP contribution in [0.25, 0.3) is 0 Å². The molecule has 1 atom stereocenters. The van der Waals surface area contributed by atoms with Gasteiger partial charge >= 0.3 is 0 Å². The highest BCUT2D eigenvalue weighted by Crippen LogP contribution is 2.29. The summed E-state index contributed by atoms with van der Waals surface area (Å²) in [7, 11) is -8.56. The standard InChI is InChI=1S/C23H23FO8S2/c1-16-6-10-19(11-7-16)33(26,27)31-15-18(14-30-22-5-3-4-21(24)23(22)25)32-34(28,29)20-12-8-17(2)9-13-20/h3-13,18,25H,14-15H2,1-2H3/t18-/m0/s1. The second kappa shape index (κ2) is 10.5. The first-order valence-electron chi connectivity index (χ1n) is 10.0. The molecule has 0 aliphatic carbocycles. The molecule has 0 saturated carbocycles. The highest BCUT2D eigenvalue weighted by Gasteiger charge is 2.26. The maximum atomic E-state index is 13.6. The second-order valence-corrected chi connectivity index (χ2v) is 10.6. The van der Waals surface area contributed by atoms with Gasteiger partial charge in [0.25, 0.3) is 20.2 Å². The van der Waals surface area contributed by atoms with Crippen molar-refractivity contribution in [1.29, 1.82) is 0 Å². The van der Waals surface area contributed by atoms with Crippen LogP contribution in [0.3, 0.4) is 0 Å². The van der Waals surface area contributed by atoms with E-state index < -0.39 is 51.1 Å². The molecule has 0 bridgehead atoms. The maximum Gasteiger partial charge on any atom is 0.297 e. The highest BCUT2D eigenvalue weighted by atomic mass is 32.2. The molecular weight excluding hydrogens is 487 g/mol. The number of phenols is 1. The quantitative estimate of drug-likeness (QED) is 0.411. The Kier molecular flexibility index (Phi) is 7.93. The molecule has 3 aromatic carbocycles. The topological polar surface area (TPSA) is 116 Å². The van der Waals surface area contributed by atoms with Crippen molar-refractivity contribution < 1.29 is 39.4 Å². The van der Waals surface area contributed by atoms with E-state index in [1.807, 2.05) is 0 Å². The number of halogens is 1. The van der Waals surface area contributed by atoms with Crippen molar-refractivity contribution in [3.63, 3.8) is 0 Å². The van der Waals surface area contributed by atoms with Gasteiger partial charge in [-0.05, 0) is 50.2 Å². The van der Waals surface area contributed by atoms with E-state index in [9.17, 15) is 26.3 Å². The molecular formula is C23H23FO8S2. The number of hydrogen-bond donors (Lipinski definition) is 1. The fraction of sp³-hybridized carbons (Fsp3) is 0.217. The van der Waals surface area contributed by atoms with Crippen LogP contribution in [0.1, 0.15) is 11.1 Å². The van der Waals surface area contributed by atoms with Crippen molar-refractivity contribution in [2.45, 2.75) is 29.7 Å². The van der Waals surface area contributed by atoms with E-state index in [4.69, 9.17) is 13.1 Å². The van der Waals surface area contributed by atoms with Gasteiger partial charge in [0, 0.05) is 0 Å². The van der Waals surface area contributed by atoms with Gasteiger partial charge in [0.2, 0.25) is 0 Å². The monoisotopic (exact) mass is 510 g/mol. The van der Waals surface area contributed by atoms with Crippen molar-refractivity contribution >= 4 is 20.2 Å². The lowest BCUT2D eigenvalue weighted by Gasteiger charge is -2.19. The van der Waals surface area contributed by atoms with Crippen LogP contribution in [-0.4, -0.2) is 41.3 Å². The van der Waals surface area contributed by atoms with Gasteiger partial charge in [-0.1, -0.05) is 41.5 Å². The first-order valence-corrected chi connectivity index (χ1v) is 12.9. The van der Waals surface area contributed by atoms with E-state index in [0.717, 1.165) is 17.2 Å². The highest BCUT2D eigenvalue weighted by molar-refractivity contribution is 7.87. The number of rotatable bonds is 10. The molecule has 3 rings (SSSR count). The van der Waals surface area contributed by atoms with Crippen molar-refractivity contribution in [1.82, 2.24) is 0 Å². The van der Waals surface area contributed by atoms with Gasteiger partial charge in [-0.25, -0.2) is 4.39 Å². The van der Waals surface area contributed by atoms with Crippen LogP contribution in [0.15, 0.2) is 76.5 Å². The molecule has 3 aromatic rings. The van der Waals surface area contributed by atoms with Crippen LogP contribution in [0, 0.1) is 19.7 Å². The van der Waals surface area contributed by atoms with Crippen LogP contribution >= 0.6 is 0 Å². The minimum absolute atomic E-state index is 0.123. The van der Waals surface area contributed by atoms with Gasteiger partial charge < -0.3 is 9.84 Å². The van der Waals surface area contributed by atoms with Crippen LogP contribution < -0.4 is 4.74 Å². The van der Waals surface area contributed by atoms with E-state index in [-0.39, 0.29) is 15.5 Å². The molecule has 0 fully saturated rings. The SMILES string of the molecule is Cc1ccc(S(=O)(=O)OC[C@H](COc2cccc(F)c2O)OS(=O)(=O)c2ccc(C)cc2)cc1. The van der Waals surface area contributed by atoms with Crippen molar-refractivity contribution in [2.75, 3.05) is 13.2 Å². The van der Waals surface area contributed by atoms with Gasteiger partial charge in [0.15, 0.2) is 17.3 Å². The Bertz CT molecular complexity index is 1340. The van der Waals surface area contributed by atoms with Gasteiger partial charge in [-0.3, -0.25) is 8.37 Å². The number of benzene rings is 3. The summed E-state index contributed by atoms with van der Waals surface area (Å²) in [5, 5.41) is 9.79. The van der Waals surface area contributed by atoms with Crippen molar-refractivity contribution in [2.24, 2.45) is 0 Å². The zero-order valence-electron chi connectivity index (χ0n) is 18.3. The summed E-state index contributed by atoms with van der Waals surface area (Å²) in [6.07, 6.45) is -1.45. The third kappa shape index (κ3) is 6.54. The summed E-state index contributed by atoms with van der Waals surface area (Å²) < 4.78 is 79.6. The van der Waals surface area contributed by atoms with E-state index in [0.29, 0.717) is 0 Å². The minimum atomic E-state index is -4.33. The molecule has 11 heteroatoms. The zero-order valence-corrected chi connectivity index (χ0v) is 20.0. The molecule has 0 spiro atoms. The van der Waals surface area contributed by atoms with Crippen molar-refractivity contribution in [3.05, 3.63) is 83.7 Å². The maximum absolute atomic E-state index is 13.6. The number of ether oxygens (including phenoxy) is 1. The fourth-order valence-electron chi connectivity index (χ4n) is 2.78. The lowest BCUT2D eigenvalue weighted by molar-refractivity contribution is 0.0870. The lowest BCUT2D eigenvalue weighted by atomic mass is 10.2. The van der Waals surface area contributed by atoms with E-state index in [2.05, 4.69) is 0 Å². The zero-order chi connectivity index (χ0) is 24.9. The van der Waals surface area contributed by atoms with E-state index >= 15 is 0 Å². The Morgan fingerprint density at radius 3 is 1.88 bits per heavy atom. The second-order valence-electron chi connectivity index (χ2n) is 7.43. The molecule has 0 heterocycles. The molecule has 0 unspecified atom stereocenters. The third-order valence-corrected chi connectivity index (χ3v) is 7.34. The van der Waals surface area contributed by atoms with E-state index in [1.165, 1.54) is 36.4 Å². The Labute approximate surface area is 197 Å². The summed E-state index contributed by atoms with van der Waals surface area (Å²) in [4.78, 5) is -0.278. The molecule has 0 aliphatic rings. The minimum Gasteiger partial charge on any atom is -0.502 e. The Morgan fingerprint density at radius 2 is 1.32 bits per heavy atom. The predicted octanol–water partition coefficient (Wildman–Crippen LogP) is 3.71. The molecule has 8 nitrogen and oxygen atoms in total. The van der Waals surface area contributed by atoms with Crippen LogP contribution in [0.2, 0.25) is 0 Å². The molecule has 34 heavy (non-hydrogen) atoms. The Balaban J connectivity index is 1.81. The summed E-state index contributed by atoms with van der Waals surface area (Å²) in [5.74, 6) is -2.00. The average Bonchev–Trinajstić information content (AvgIpc) is 2.78.